The van der Waals surface area contributed by atoms with E-state index in [4.69, 9.17) is 0 Å². The van der Waals surface area contributed by atoms with E-state index in [0.29, 0.717) is 0 Å². The fourth-order valence-corrected chi connectivity index (χ4v) is 2.94. The Kier molecular flexibility index (Phi) is 8.03. The van der Waals surface area contributed by atoms with Gasteiger partial charge in [-0.1, -0.05) is 47.8 Å². The molecule has 0 aliphatic heterocycles. The van der Waals surface area contributed by atoms with E-state index < -0.39 is 5.60 Å². The van der Waals surface area contributed by atoms with Crippen LogP contribution < -0.4 is 0 Å². The van der Waals surface area contributed by atoms with Crippen molar-refractivity contribution < 1.29 is 5.11 Å². The van der Waals surface area contributed by atoms with Crippen LogP contribution in [0.4, 0.5) is 0 Å². The first-order valence-electron chi connectivity index (χ1n) is 8.58. The highest BCUT2D eigenvalue weighted by molar-refractivity contribution is 5.07. The van der Waals surface area contributed by atoms with E-state index in [2.05, 4.69) is 45.9 Å². The lowest BCUT2D eigenvalue weighted by atomic mass is 9.96. The Morgan fingerprint density at radius 3 is 1.95 bits per heavy atom. The zero-order valence-corrected chi connectivity index (χ0v) is 14.5. The summed E-state index contributed by atoms with van der Waals surface area (Å²) in [4.78, 5) is 0. The van der Waals surface area contributed by atoms with Crippen molar-refractivity contribution in [1.82, 2.24) is 0 Å². The summed E-state index contributed by atoms with van der Waals surface area (Å²) < 4.78 is 0. The predicted molar refractivity (Wildman–Crippen MR) is 93.4 cm³/mol. The van der Waals surface area contributed by atoms with Gasteiger partial charge in [-0.3, -0.25) is 0 Å². The molecule has 0 aromatic carbocycles. The Balaban J connectivity index is 2.25. The standard InChI is InChI=1S/C20H34O/c1-17(2)9-7-10-18(3)11-8-12-19(4)13-16-20(21)14-5-6-15-20/h9,11,13,21H,5-8,10,12,14-16H2,1-4H3. The molecular formula is C20H34O. The van der Waals surface area contributed by atoms with Crippen LogP contribution in [0.1, 0.15) is 85.5 Å². The van der Waals surface area contributed by atoms with Crippen molar-refractivity contribution in [2.75, 3.05) is 0 Å². The molecule has 0 radical (unpaired) electrons. The lowest BCUT2D eigenvalue weighted by Gasteiger charge is -2.20. The summed E-state index contributed by atoms with van der Waals surface area (Å²) in [5.74, 6) is 0. The summed E-state index contributed by atoms with van der Waals surface area (Å²) in [6.07, 6.45) is 16.7. The summed E-state index contributed by atoms with van der Waals surface area (Å²) in [7, 11) is 0. The second-order valence-corrected chi connectivity index (χ2v) is 7.10. The van der Waals surface area contributed by atoms with E-state index in [1.807, 2.05) is 0 Å². The van der Waals surface area contributed by atoms with Crippen LogP contribution >= 0.6 is 0 Å². The van der Waals surface area contributed by atoms with E-state index in [1.54, 1.807) is 0 Å². The van der Waals surface area contributed by atoms with Gasteiger partial charge >= 0.3 is 0 Å². The van der Waals surface area contributed by atoms with Crippen molar-refractivity contribution >= 4 is 0 Å². The number of hydrogen-bond donors (Lipinski definition) is 1. The van der Waals surface area contributed by atoms with E-state index in [0.717, 1.165) is 38.5 Å². The Morgan fingerprint density at radius 2 is 1.38 bits per heavy atom. The molecule has 0 aromatic heterocycles. The molecule has 1 rings (SSSR count). The first-order valence-corrected chi connectivity index (χ1v) is 8.58. The highest BCUT2D eigenvalue weighted by atomic mass is 16.3. The molecule has 0 bridgehead atoms. The SMILES string of the molecule is CC(C)=CCCC(C)=CCCC(C)=CCC1(O)CCCC1. The monoisotopic (exact) mass is 290 g/mol. The number of rotatable bonds is 8. The topological polar surface area (TPSA) is 20.2 Å². The van der Waals surface area contributed by atoms with E-state index in [-0.39, 0.29) is 0 Å². The van der Waals surface area contributed by atoms with Gasteiger partial charge in [0.05, 0.1) is 5.60 Å². The van der Waals surface area contributed by atoms with E-state index >= 15 is 0 Å². The molecule has 1 fully saturated rings. The van der Waals surface area contributed by atoms with Crippen molar-refractivity contribution in [3.63, 3.8) is 0 Å². The lowest BCUT2D eigenvalue weighted by Crippen LogP contribution is -2.22. The third-order valence-electron chi connectivity index (χ3n) is 4.49. The number of aliphatic hydroxyl groups is 1. The maximum atomic E-state index is 10.3. The molecule has 1 heteroatoms. The Bertz CT molecular complexity index is 388. The average molecular weight is 290 g/mol. The molecule has 1 aliphatic rings. The molecule has 0 amide bonds. The van der Waals surface area contributed by atoms with Crippen LogP contribution in [-0.4, -0.2) is 10.7 Å². The molecule has 0 spiro atoms. The minimum absolute atomic E-state index is 0.392. The highest BCUT2D eigenvalue weighted by Crippen LogP contribution is 2.33. The molecule has 1 saturated carbocycles. The van der Waals surface area contributed by atoms with Crippen LogP contribution in [-0.2, 0) is 0 Å². The minimum atomic E-state index is -0.392. The summed E-state index contributed by atoms with van der Waals surface area (Å²) in [5.41, 5.74) is 3.93. The third-order valence-corrected chi connectivity index (χ3v) is 4.49. The summed E-state index contributed by atoms with van der Waals surface area (Å²) in [6.45, 7) is 8.75. The van der Waals surface area contributed by atoms with Gasteiger partial charge in [-0.25, -0.2) is 0 Å². The second kappa shape index (κ2) is 9.25. The fraction of sp³-hybridized carbons (Fsp3) is 0.700. The first kappa shape index (κ1) is 18.2. The van der Waals surface area contributed by atoms with Crippen LogP contribution in [0.3, 0.4) is 0 Å². The molecular weight excluding hydrogens is 256 g/mol. The maximum absolute atomic E-state index is 10.3. The van der Waals surface area contributed by atoms with Gasteiger partial charge in [-0.2, -0.15) is 0 Å². The molecule has 21 heavy (non-hydrogen) atoms. The maximum Gasteiger partial charge on any atom is 0.0682 e. The van der Waals surface area contributed by atoms with Gasteiger partial charge in [0.1, 0.15) is 0 Å². The van der Waals surface area contributed by atoms with E-state index in [1.165, 1.54) is 36.0 Å². The lowest BCUT2D eigenvalue weighted by molar-refractivity contribution is 0.0507. The average Bonchev–Trinajstić information content (AvgIpc) is 2.83. The molecule has 0 heterocycles. The summed E-state index contributed by atoms with van der Waals surface area (Å²) >= 11 is 0. The summed E-state index contributed by atoms with van der Waals surface area (Å²) in [5, 5.41) is 10.3. The van der Waals surface area contributed by atoms with Crippen LogP contribution in [0.15, 0.2) is 34.9 Å². The van der Waals surface area contributed by atoms with Crippen LogP contribution in [0, 0.1) is 0 Å². The van der Waals surface area contributed by atoms with Gasteiger partial charge in [0.25, 0.3) is 0 Å². The first-order chi connectivity index (χ1) is 9.91. The summed E-state index contributed by atoms with van der Waals surface area (Å²) in [6, 6.07) is 0. The molecule has 1 aliphatic carbocycles. The zero-order chi connectivity index (χ0) is 15.7. The van der Waals surface area contributed by atoms with Crippen molar-refractivity contribution in [3.8, 4) is 0 Å². The predicted octanol–water partition coefficient (Wildman–Crippen LogP) is 6.10. The minimum Gasteiger partial charge on any atom is -0.390 e. The van der Waals surface area contributed by atoms with Crippen molar-refractivity contribution in [2.24, 2.45) is 0 Å². The van der Waals surface area contributed by atoms with Crippen molar-refractivity contribution in [1.29, 1.82) is 0 Å². The Morgan fingerprint density at radius 1 is 0.857 bits per heavy atom. The fourth-order valence-electron chi connectivity index (χ4n) is 2.94. The Labute approximate surface area is 131 Å². The molecule has 120 valence electrons. The van der Waals surface area contributed by atoms with Gasteiger partial charge in [0, 0.05) is 0 Å². The molecule has 0 atom stereocenters. The Hall–Kier alpha value is -0.820. The van der Waals surface area contributed by atoms with Gasteiger partial charge < -0.3 is 5.11 Å². The third kappa shape index (κ3) is 8.26. The highest BCUT2D eigenvalue weighted by Gasteiger charge is 2.29. The second-order valence-electron chi connectivity index (χ2n) is 7.10. The number of hydrogen-bond acceptors (Lipinski definition) is 1. The zero-order valence-electron chi connectivity index (χ0n) is 14.5. The van der Waals surface area contributed by atoms with Gasteiger partial charge in [0.2, 0.25) is 0 Å². The van der Waals surface area contributed by atoms with Crippen LogP contribution in [0.25, 0.3) is 0 Å². The molecule has 1 nitrogen and oxygen atoms in total. The molecule has 0 saturated heterocycles. The van der Waals surface area contributed by atoms with E-state index in [9.17, 15) is 5.11 Å². The van der Waals surface area contributed by atoms with Gasteiger partial charge in [0.15, 0.2) is 0 Å². The van der Waals surface area contributed by atoms with Gasteiger partial charge in [-0.15, -0.1) is 0 Å². The normalized spacial score (nSPS) is 18.9. The van der Waals surface area contributed by atoms with Crippen molar-refractivity contribution in [2.45, 2.75) is 91.1 Å². The molecule has 0 unspecified atom stereocenters. The number of allylic oxidation sites excluding steroid dienone is 5. The van der Waals surface area contributed by atoms with Crippen molar-refractivity contribution in [3.05, 3.63) is 34.9 Å². The quantitative estimate of drug-likeness (QED) is 0.535. The van der Waals surface area contributed by atoms with Crippen LogP contribution in [0.2, 0.25) is 0 Å². The molecule has 0 aromatic rings. The molecule has 1 N–H and O–H groups in total. The smallest absolute Gasteiger partial charge is 0.0682 e. The van der Waals surface area contributed by atoms with Crippen LogP contribution in [0.5, 0.6) is 0 Å². The largest absolute Gasteiger partial charge is 0.390 e. The van der Waals surface area contributed by atoms with Gasteiger partial charge in [-0.05, 0) is 72.6 Å².